The highest BCUT2D eigenvalue weighted by Gasteiger charge is 2.31. The van der Waals surface area contributed by atoms with Gasteiger partial charge in [0.1, 0.15) is 12.4 Å². The molecule has 0 fully saturated rings. The fourth-order valence-corrected chi connectivity index (χ4v) is 1.58. The van der Waals surface area contributed by atoms with E-state index in [1.165, 1.54) is 0 Å². The number of nitrogens with zero attached hydrogens (tertiary/aromatic N) is 2. The van der Waals surface area contributed by atoms with Crippen molar-refractivity contribution in [3.05, 3.63) is 18.2 Å². The van der Waals surface area contributed by atoms with E-state index in [0.29, 0.717) is 6.54 Å². The number of fused-ring (bicyclic) bond motifs is 1. The summed E-state index contributed by atoms with van der Waals surface area (Å²) in [6, 6.07) is 0. The highest BCUT2D eigenvalue weighted by atomic mass is 16.2. The Bertz CT molecular complexity index is 327. The van der Waals surface area contributed by atoms with E-state index in [2.05, 4.69) is 10.3 Å². The number of carbonyl (C=O) groups is 1. The predicted octanol–water partition coefficient (Wildman–Crippen LogP) is 0.248. The number of hydrogen-bond donors (Lipinski definition) is 1. The smallest absolute Gasteiger partial charge is 0.240 e. The first-order chi connectivity index (χ1) is 5.59. The number of carbonyl (C=O) groups excluding carboxylic acids is 1. The summed E-state index contributed by atoms with van der Waals surface area (Å²) in [5.74, 6) is 0.965. The monoisotopic (exact) mass is 165 g/mol. The van der Waals surface area contributed by atoms with Gasteiger partial charge in [-0.25, -0.2) is 4.98 Å². The molecule has 1 aromatic rings. The Labute approximate surface area is 70.6 Å². The van der Waals surface area contributed by atoms with Crippen LogP contribution in [0, 0.1) is 0 Å². The van der Waals surface area contributed by atoms with Gasteiger partial charge in [-0.3, -0.25) is 4.79 Å². The van der Waals surface area contributed by atoms with Crippen LogP contribution in [0.25, 0.3) is 0 Å². The molecule has 2 heterocycles. The predicted molar refractivity (Wildman–Crippen MR) is 43.4 cm³/mol. The van der Waals surface area contributed by atoms with Gasteiger partial charge in [0.2, 0.25) is 5.91 Å². The molecule has 0 aromatic carbocycles. The normalized spacial score (nSPS) is 20.0. The van der Waals surface area contributed by atoms with Crippen molar-refractivity contribution >= 4 is 5.91 Å². The van der Waals surface area contributed by atoms with E-state index >= 15 is 0 Å². The van der Waals surface area contributed by atoms with Gasteiger partial charge in [-0.15, -0.1) is 0 Å². The molecule has 2 rings (SSSR count). The minimum atomic E-state index is -0.334. The van der Waals surface area contributed by atoms with E-state index in [0.717, 1.165) is 5.82 Å². The van der Waals surface area contributed by atoms with Crippen molar-refractivity contribution in [3.63, 3.8) is 0 Å². The number of hydrogen-bond acceptors (Lipinski definition) is 2. The van der Waals surface area contributed by atoms with E-state index in [1.807, 2.05) is 24.6 Å². The maximum atomic E-state index is 11.2. The van der Waals surface area contributed by atoms with E-state index in [4.69, 9.17) is 0 Å². The lowest BCUT2D eigenvalue weighted by Gasteiger charge is -2.30. The van der Waals surface area contributed by atoms with Gasteiger partial charge < -0.3 is 9.88 Å². The van der Waals surface area contributed by atoms with Gasteiger partial charge in [0.05, 0.1) is 5.54 Å². The summed E-state index contributed by atoms with van der Waals surface area (Å²) in [5.41, 5.74) is -0.334. The second-order valence-electron chi connectivity index (χ2n) is 3.55. The number of nitrogens with one attached hydrogen (secondary N) is 1. The van der Waals surface area contributed by atoms with Crippen LogP contribution in [0.4, 0.5) is 0 Å². The molecule has 0 radical (unpaired) electrons. The van der Waals surface area contributed by atoms with Gasteiger partial charge in [-0.1, -0.05) is 0 Å². The molecule has 0 saturated carbocycles. The van der Waals surface area contributed by atoms with Crippen LogP contribution >= 0.6 is 0 Å². The van der Waals surface area contributed by atoms with Crippen molar-refractivity contribution in [1.82, 2.24) is 14.9 Å². The van der Waals surface area contributed by atoms with Crippen LogP contribution in [0.15, 0.2) is 12.4 Å². The second-order valence-corrected chi connectivity index (χ2v) is 3.55. The number of rotatable bonds is 0. The lowest BCUT2D eigenvalue weighted by Crippen LogP contribution is -2.48. The molecule has 1 aromatic heterocycles. The van der Waals surface area contributed by atoms with Gasteiger partial charge in [0, 0.05) is 12.4 Å². The maximum absolute atomic E-state index is 11.2. The van der Waals surface area contributed by atoms with Gasteiger partial charge in [-0.2, -0.15) is 0 Å². The molecule has 0 spiro atoms. The third kappa shape index (κ3) is 0.913. The SMILES string of the molecule is CC1(C)NC(=O)Cn2ccnc21. The topological polar surface area (TPSA) is 46.9 Å². The first-order valence-corrected chi connectivity index (χ1v) is 3.92. The average molecular weight is 165 g/mol. The first kappa shape index (κ1) is 7.34. The Hall–Kier alpha value is -1.32. The van der Waals surface area contributed by atoms with E-state index in [9.17, 15) is 4.79 Å². The minimum Gasteiger partial charge on any atom is -0.342 e. The zero-order valence-corrected chi connectivity index (χ0v) is 7.16. The summed E-state index contributed by atoms with van der Waals surface area (Å²) in [5, 5.41) is 2.88. The molecule has 0 aliphatic carbocycles. The molecule has 0 unspecified atom stereocenters. The third-order valence-corrected chi connectivity index (χ3v) is 2.04. The Morgan fingerprint density at radius 2 is 2.42 bits per heavy atom. The van der Waals surface area contributed by atoms with Crippen LogP contribution in [0.5, 0.6) is 0 Å². The van der Waals surface area contributed by atoms with Crippen molar-refractivity contribution in [2.24, 2.45) is 0 Å². The molecule has 0 bridgehead atoms. The molecule has 0 atom stereocenters. The van der Waals surface area contributed by atoms with E-state index in [-0.39, 0.29) is 11.4 Å². The van der Waals surface area contributed by atoms with Crippen LogP contribution in [-0.2, 0) is 16.9 Å². The quantitative estimate of drug-likeness (QED) is 0.599. The molecule has 64 valence electrons. The highest BCUT2D eigenvalue weighted by molar-refractivity contribution is 5.77. The third-order valence-electron chi connectivity index (χ3n) is 2.04. The number of imidazole rings is 1. The van der Waals surface area contributed by atoms with Crippen LogP contribution in [-0.4, -0.2) is 15.5 Å². The minimum absolute atomic E-state index is 0.0468. The van der Waals surface area contributed by atoms with Gasteiger partial charge in [0.25, 0.3) is 0 Å². The highest BCUT2D eigenvalue weighted by Crippen LogP contribution is 2.21. The fourth-order valence-electron chi connectivity index (χ4n) is 1.58. The summed E-state index contributed by atoms with van der Waals surface area (Å²) >= 11 is 0. The van der Waals surface area contributed by atoms with Crippen LogP contribution in [0.1, 0.15) is 19.7 Å². The molecule has 12 heavy (non-hydrogen) atoms. The maximum Gasteiger partial charge on any atom is 0.240 e. The van der Waals surface area contributed by atoms with Crippen LogP contribution < -0.4 is 5.32 Å². The first-order valence-electron chi connectivity index (χ1n) is 3.92. The number of aromatic nitrogens is 2. The molecule has 1 aliphatic rings. The van der Waals surface area contributed by atoms with E-state index < -0.39 is 0 Å². The summed E-state index contributed by atoms with van der Waals surface area (Å²) < 4.78 is 1.87. The molecule has 1 N–H and O–H groups in total. The lowest BCUT2D eigenvalue weighted by molar-refractivity contribution is -0.124. The Morgan fingerprint density at radius 1 is 1.67 bits per heavy atom. The van der Waals surface area contributed by atoms with Crippen molar-refractivity contribution in [2.75, 3.05) is 0 Å². The zero-order valence-electron chi connectivity index (χ0n) is 7.16. The molecule has 1 aliphatic heterocycles. The van der Waals surface area contributed by atoms with Crippen molar-refractivity contribution < 1.29 is 4.79 Å². The largest absolute Gasteiger partial charge is 0.342 e. The Kier molecular flexibility index (Phi) is 1.28. The molecule has 4 heteroatoms. The van der Waals surface area contributed by atoms with E-state index in [1.54, 1.807) is 6.20 Å². The summed E-state index contributed by atoms with van der Waals surface area (Å²) in [4.78, 5) is 15.4. The molecular weight excluding hydrogens is 154 g/mol. The van der Waals surface area contributed by atoms with Crippen molar-refractivity contribution in [2.45, 2.75) is 25.9 Å². The summed E-state index contributed by atoms with van der Waals surface area (Å²) in [6.07, 6.45) is 3.55. The molecular formula is C8H11N3O. The zero-order chi connectivity index (χ0) is 8.77. The number of amides is 1. The van der Waals surface area contributed by atoms with Crippen LogP contribution in [0.3, 0.4) is 0 Å². The molecule has 0 saturated heterocycles. The standard InChI is InChI=1S/C8H11N3O/c1-8(2)7-9-3-4-11(7)5-6(12)10-8/h3-4H,5H2,1-2H3,(H,10,12). The van der Waals surface area contributed by atoms with Crippen molar-refractivity contribution in [1.29, 1.82) is 0 Å². The van der Waals surface area contributed by atoms with Crippen LogP contribution in [0.2, 0.25) is 0 Å². The van der Waals surface area contributed by atoms with Gasteiger partial charge >= 0.3 is 0 Å². The van der Waals surface area contributed by atoms with Gasteiger partial charge in [0.15, 0.2) is 0 Å². The lowest BCUT2D eigenvalue weighted by atomic mass is 10.0. The fraction of sp³-hybridized carbons (Fsp3) is 0.500. The Morgan fingerprint density at radius 3 is 3.17 bits per heavy atom. The second kappa shape index (κ2) is 2.09. The van der Waals surface area contributed by atoms with Gasteiger partial charge in [-0.05, 0) is 13.8 Å². The summed E-state index contributed by atoms with van der Waals surface area (Å²) in [6.45, 7) is 4.28. The van der Waals surface area contributed by atoms with Crippen molar-refractivity contribution in [3.8, 4) is 0 Å². The Balaban J connectivity index is 2.52. The molecule has 4 nitrogen and oxygen atoms in total. The summed E-state index contributed by atoms with van der Waals surface area (Å²) in [7, 11) is 0. The average Bonchev–Trinajstić information content (AvgIpc) is 2.32. The molecule has 1 amide bonds.